The van der Waals surface area contributed by atoms with Crippen molar-refractivity contribution in [1.29, 1.82) is 0 Å². The number of hydrogen-bond donors (Lipinski definition) is 2. The van der Waals surface area contributed by atoms with Crippen molar-refractivity contribution in [3.05, 3.63) is 71.9 Å². The molecule has 0 spiro atoms. The van der Waals surface area contributed by atoms with Gasteiger partial charge in [0.1, 0.15) is 17.7 Å². The molecule has 0 bridgehead atoms. The van der Waals surface area contributed by atoms with Crippen LogP contribution in [0.15, 0.2) is 55.0 Å². The molecule has 7 nitrogen and oxygen atoms in total. The van der Waals surface area contributed by atoms with Crippen LogP contribution in [-0.2, 0) is 11.3 Å². The average molecular weight is 391 g/mol. The number of aromatic nitrogens is 4. The smallest absolute Gasteiger partial charge is 0.341 e. The molecular weight excluding hydrogens is 373 g/mol. The molecule has 2 N–H and O–H groups in total. The van der Waals surface area contributed by atoms with E-state index < -0.39 is 11.8 Å². The summed E-state index contributed by atoms with van der Waals surface area (Å²) in [5, 5.41) is 10.5. The Kier molecular flexibility index (Phi) is 5.15. The summed E-state index contributed by atoms with van der Waals surface area (Å²) in [6.45, 7) is 2.37. The molecule has 0 saturated heterocycles. The van der Waals surface area contributed by atoms with E-state index in [9.17, 15) is 9.18 Å². The molecule has 0 atom stereocenters. The lowest BCUT2D eigenvalue weighted by atomic mass is 10.1. The number of esters is 1. The summed E-state index contributed by atoms with van der Waals surface area (Å²) in [6.07, 6.45) is 2.90. The van der Waals surface area contributed by atoms with Gasteiger partial charge in [-0.15, -0.1) is 0 Å². The zero-order chi connectivity index (χ0) is 20.2. The minimum atomic E-state index is -0.510. The number of nitrogens with zero attached hydrogens (tertiary/aromatic N) is 3. The summed E-state index contributed by atoms with van der Waals surface area (Å²) in [5.74, 6) is -0.254. The van der Waals surface area contributed by atoms with Crippen LogP contribution in [-0.4, -0.2) is 32.7 Å². The first kappa shape index (κ1) is 18.5. The molecule has 0 aliphatic rings. The van der Waals surface area contributed by atoms with E-state index in [0.29, 0.717) is 29.0 Å². The Morgan fingerprint density at radius 1 is 1.21 bits per heavy atom. The van der Waals surface area contributed by atoms with Gasteiger partial charge in [0.25, 0.3) is 0 Å². The van der Waals surface area contributed by atoms with Crippen molar-refractivity contribution in [3.8, 4) is 11.4 Å². The van der Waals surface area contributed by atoms with Gasteiger partial charge in [-0.05, 0) is 36.8 Å². The fourth-order valence-corrected chi connectivity index (χ4v) is 3.08. The van der Waals surface area contributed by atoms with Crippen molar-refractivity contribution in [2.45, 2.75) is 13.5 Å². The number of nitrogens with one attached hydrogen (secondary N) is 2. The number of halogens is 1. The summed E-state index contributed by atoms with van der Waals surface area (Å²) < 4.78 is 19.0. The number of ether oxygens (including phenoxy) is 1. The van der Waals surface area contributed by atoms with Crippen molar-refractivity contribution in [1.82, 2.24) is 20.2 Å². The van der Waals surface area contributed by atoms with E-state index in [0.717, 1.165) is 11.1 Å². The Hall–Kier alpha value is -3.81. The van der Waals surface area contributed by atoms with E-state index in [4.69, 9.17) is 4.74 Å². The zero-order valence-corrected chi connectivity index (χ0v) is 15.6. The van der Waals surface area contributed by atoms with Crippen LogP contribution in [0.5, 0.6) is 0 Å². The Morgan fingerprint density at radius 2 is 2.10 bits per heavy atom. The van der Waals surface area contributed by atoms with Gasteiger partial charge in [0.05, 0.1) is 17.8 Å². The first-order chi connectivity index (χ1) is 14.2. The molecule has 0 aliphatic heterocycles. The number of aromatic amines is 1. The van der Waals surface area contributed by atoms with E-state index in [2.05, 4.69) is 25.5 Å². The van der Waals surface area contributed by atoms with E-state index in [1.54, 1.807) is 13.0 Å². The predicted octanol–water partition coefficient (Wildman–Crippen LogP) is 3.95. The maximum Gasteiger partial charge on any atom is 0.341 e. The van der Waals surface area contributed by atoms with Gasteiger partial charge in [0, 0.05) is 23.7 Å². The monoisotopic (exact) mass is 391 g/mol. The lowest BCUT2D eigenvalue weighted by Gasteiger charge is -2.14. The van der Waals surface area contributed by atoms with Gasteiger partial charge in [0.15, 0.2) is 5.82 Å². The molecule has 2 aromatic heterocycles. The average Bonchev–Trinajstić information content (AvgIpc) is 3.27. The van der Waals surface area contributed by atoms with Crippen molar-refractivity contribution < 1.29 is 13.9 Å². The van der Waals surface area contributed by atoms with Gasteiger partial charge < -0.3 is 10.1 Å². The highest BCUT2D eigenvalue weighted by Crippen LogP contribution is 2.28. The molecule has 0 radical (unpaired) electrons. The molecule has 0 amide bonds. The number of H-pyrrole nitrogens is 1. The molecule has 0 aliphatic carbocycles. The highest BCUT2D eigenvalue weighted by atomic mass is 19.1. The van der Waals surface area contributed by atoms with Crippen LogP contribution in [0.4, 0.5) is 10.1 Å². The number of rotatable bonds is 6. The first-order valence-electron chi connectivity index (χ1n) is 9.09. The first-order valence-corrected chi connectivity index (χ1v) is 9.09. The standard InChI is InChI=1S/C21H18FN5O2/c1-2-29-21(28)17-11-23-18-7-6-15(22)9-16(18)19(17)24-10-13-4-3-5-14(8-13)20-25-12-26-27-20/h3-9,11-12H,2,10H2,1H3,(H,23,24)(H,25,26,27). The largest absolute Gasteiger partial charge is 0.462 e. The van der Waals surface area contributed by atoms with Crippen LogP contribution >= 0.6 is 0 Å². The van der Waals surface area contributed by atoms with E-state index in [1.807, 2.05) is 24.3 Å². The van der Waals surface area contributed by atoms with Crippen molar-refractivity contribution in [2.24, 2.45) is 0 Å². The summed E-state index contributed by atoms with van der Waals surface area (Å²) in [4.78, 5) is 20.8. The molecule has 0 unspecified atom stereocenters. The Bertz CT molecular complexity index is 1160. The van der Waals surface area contributed by atoms with E-state index >= 15 is 0 Å². The Morgan fingerprint density at radius 3 is 2.90 bits per heavy atom. The maximum atomic E-state index is 13.9. The van der Waals surface area contributed by atoms with Gasteiger partial charge >= 0.3 is 5.97 Å². The highest BCUT2D eigenvalue weighted by Gasteiger charge is 2.17. The lowest BCUT2D eigenvalue weighted by molar-refractivity contribution is 0.0527. The van der Waals surface area contributed by atoms with Crippen molar-refractivity contribution in [3.63, 3.8) is 0 Å². The fraction of sp³-hybridized carbons (Fsp3) is 0.143. The number of pyridine rings is 1. The van der Waals surface area contributed by atoms with Crippen LogP contribution in [0.3, 0.4) is 0 Å². The maximum absolute atomic E-state index is 13.9. The summed E-state index contributed by atoms with van der Waals surface area (Å²) in [6, 6.07) is 12.0. The SMILES string of the molecule is CCOC(=O)c1cnc2ccc(F)cc2c1NCc1cccc(-c2ncn[nH]2)c1. The molecule has 4 rings (SSSR count). The van der Waals surface area contributed by atoms with Crippen LogP contribution in [0.2, 0.25) is 0 Å². The normalized spacial score (nSPS) is 10.8. The minimum Gasteiger partial charge on any atom is -0.462 e. The van der Waals surface area contributed by atoms with E-state index in [-0.39, 0.29) is 12.2 Å². The van der Waals surface area contributed by atoms with Crippen LogP contribution in [0.1, 0.15) is 22.8 Å². The molecule has 146 valence electrons. The van der Waals surface area contributed by atoms with Crippen LogP contribution < -0.4 is 5.32 Å². The van der Waals surface area contributed by atoms with Crippen molar-refractivity contribution in [2.75, 3.05) is 11.9 Å². The third-order valence-corrected chi connectivity index (χ3v) is 4.41. The predicted molar refractivity (Wildman–Crippen MR) is 107 cm³/mol. The third kappa shape index (κ3) is 3.91. The van der Waals surface area contributed by atoms with Gasteiger partial charge in [-0.25, -0.2) is 14.2 Å². The fourth-order valence-electron chi connectivity index (χ4n) is 3.08. The molecular formula is C21H18FN5O2. The number of carbonyl (C=O) groups is 1. The molecule has 4 aromatic rings. The molecule has 2 aromatic carbocycles. The van der Waals surface area contributed by atoms with Crippen LogP contribution in [0.25, 0.3) is 22.3 Å². The second-order valence-corrected chi connectivity index (χ2v) is 6.32. The number of benzene rings is 2. The van der Waals surface area contributed by atoms with Gasteiger partial charge in [-0.3, -0.25) is 10.1 Å². The summed E-state index contributed by atoms with van der Waals surface area (Å²) in [7, 11) is 0. The van der Waals surface area contributed by atoms with Gasteiger partial charge in [-0.2, -0.15) is 5.10 Å². The molecule has 29 heavy (non-hydrogen) atoms. The number of hydrogen-bond acceptors (Lipinski definition) is 6. The molecule has 2 heterocycles. The minimum absolute atomic E-state index is 0.235. The highest BCUT2D eigenvalue weighted by molar-refractivity contribution is 6.04. The second-order valence-electron chi connectivity index (χ2n) is 6.32. The number of carbonyl (C=O) groups excluding carboxylic acids is 1. The van der Waals surface area contributed by atoms with Gasteiger partial charge in [0.2, 0.25) is 0 Å². The Labute approximate surface area is 166 Å². The lowest BCUT2D eigenvalue weighted by Crippen LogP contribution is -2.11. The number of anilines is 1. The topological polar surface area (TPSA) is 92.8 Å². The molecule has 8 heteroatoms. The molecule has 0 saturated carbocycles. The van der Waals surface area contributed by atoms with Crippen LogP contribution in [0, 0.1) is 5.82 Å². The summed E-state index contributed by atoms with van der Waals surface area (Å²) >= 11 is 0. The zero-order valence-electron chi connectivity index (χ0n) is 15.6. The quantitative estimate of drug-likeness (QED) is 0.484. The summed E-state index contributed by atoms with van der Waals surface area (Å²) in [5.41, 5.74) is 3.17. The second kappa shape index (κ2) is 8.05. The molecule has 0 fully saturated rings. The number of fused-ring (bicyclic) bond motifs is 1. The van der Waals surface area contributed by atoms with E-state index in [1.165, 1.54) is 24.7 Å². The van der Waals surface area contributed by atoms with Gasteiger partial charge in [-0.1, -0.05) is 18.2 Å². The third-order valence-electron chi connectivity index (χ3n) is 4.41. The van der Waals surface area contributed by atoms with Crippen molar-refractivity contribution >= 4 is 22.6 Å². The Balaban J connectivity index is 1.69.